The van der Waals surface area contributed by atoms with Crippen LogP contribution in [0.3, 0.4) is 0 Å². The molecule has 0 spiro atoms. The van der Waals surface area contributed by atoms with Gasteiger partial charge in [0.05, 0.1) is 13.2 Å². The second kappa shape index (κ2) is 1.71. The summed E-state index contributed by atoms with van der Waals surface area (Å²) in [5, 5.41) is 8.78. The van der Waals surface area contributed by atoms with Crippen LogP contribution in [0, 0.1) is 0 Å². The van der Waals surface area contributed by atoms with E-state index < -0.39 is 5.97 Å². The van der Waals surface area contributed by atoms with Crippen LogP contribution in [-0.4, -0.2) is 36.5 Å². The van der Waals surface area contributed by atoms with Crippen molar-refractivity contribution in [2.75, 3.05) is 19.8 Å². The quantitative estimate of drug-likeness (QED) is 0.540. The van der Waals surface area contributed by atoms with Gasteiger partial charge in [0.25, 0.3) is 0 Å². The monoisotopic (exact) mass is 146 g/mol. The standard InChI is InChI=1S/C6H10O4/c1-5-3-8-6(2-7,10-5)9-4-5/h7H,2-4H2,1H3. The SMILES string of the molecule is CC12COC(CO)(OC1)O2. The first-order valence-corrected chi connectivity index (χ1v) is 3.27. The second-order valence-corrected chi connectivity index (χ2v) is 2.97. The molecule has 2 aliphatic rings. The molecule has 2 saturated heterocycles. The van der Waals surface area contributed by atoms with Gasteiger partial charge in [0.1, 0.15) is 12.2 Å². The van der Waals surface area contributed by atoms with Crippen LogP contribution in [0.2, 0.25) is 0 Å². The molecular formula is C6H10O4. The molecule has 2 bridgehead atoms. The third-order valence-corrected chi connectivity index (χ3v) is 1.79. The highest BCUT2D eigenvalue weighted by Crippen LogP contribution is 2.39. The second-order valence-electron chi connectivity index (χ2n) is 2.97. The summed E-state index contributed by atoms with van der Waals surface area (Å²) < 4.78 is 15.5. The molecule has 2 rings (SSSR count). The van der Waals surface area contributed by atoms with Crippen molar-refractivity contribution in [3.63, 3.8) is 0 Å². The normalized spacial score (nSPS) is 52.2. The molecule has 2 heterocycles. The minimum atomic E-state index is -1.13. The minimum absolute atomic E-state index is 0.234. The largest absolute Gasteiger partial charge is 0.388 e. The molecule has 0 aromatic heterocycles. The molecule has 58 valence electrons. The van der Waals surface area contributed by atoms with E-state index >= 15 is 0 Å². The fourth-order valence-corrected chi connectivity index (χ4v) is 1.23. The van der Waals surface area contributed by atoms with Gasteiger partial charge < -0.3 is 19.3 Å². The lowest BCUT2D eigenvalue weighted by Gasteiger charge is -2.20. The molecule has 0 aromatic carbocycles. The van der Waals surface area contributed by atoms with Crippen LogP contribution in [0.4, 0.5) is 0 Å². The summed E-state index contributed by atoms with van der Waals surface area (Å²) in [4.78, 5) is 0. The molecule has 0 saturated carbocycles. The highest BCUT2D eigenvalue weighted by Gasteiger charge is 2.56. The fraction of sp³-hybridized carbons (Fsp3) is 1.00. The van der Waals surface area contributed by atoms with Gasteiger partial charge in [-0.25, -0.2) is 0 Å². The Hall–Kier alpha value is -0.160. The molecule has 1 N–H and O–H groups in total. The molecule has 4 nitrogen and oxygen atoms in total. The Bertz CT molecular complexity index is 148. The summed E-state index contributed by atoms with van der Waals surface area (Å²) in [6.07, 6.45) is 0. The van der Waals surface area contributed by atoms with E-state index in [9.17, 15) is 0 Å². The third-order valence-electron chi connectivity index (χ3n) is 1.79. The number of aliphatic hydroxyl groups excluding tert-OH is 1. The van der Waals surface area contributed by atoms with Gasteiger partial charge in [-0.15, -0.1) is 0 Å². The van der Waals surface area contributed by atoms with Crippen LogP contribution < -0.4 is 0 Å². The molecule has 2 fully saturated rings. The molecule has 4 heteroatoms. The van der Waals surface area contributed by atoms with Crippen LogP contribution in [0.5, 0.6) is 0 Å². The average molecular weight is 146 g/mol. The summed E-state index contributed by atoms with van der Waals surface area (Å²) in [6, 6.07) is 0. The summed E-state index contributed by atoms with van der Waals surface area (Å²) in [5.74, 6) is -1.13. The highest BCUT2D eigenvalue weighted by molar-refractivity contribution is 4.89. The summed E-state index contributed by atoms with van der Waals surface area (Å²) >= 11 is 0. The van der Waals surface area contributed by atoms with E-state index in [1.807, 2.05) is 6.92 Å². The van der Waals surface area contributed by atoms with E-state index in [0.717, 1.165) is 0 Å². The lowest BCUT2D eigenvalue weighted by molar-refractivity contribution is -0.313. The van der Waals surface area contributed by atoms with E-state index in [2.05, 4.69) is 0 Å². The topological polar surface area (TPSA) is 47.9 Å². The predicted molar refractivity (Wildman–Crippen MR) is 31.2 cm³/mol. The van der Waals surface area contributed by atoms with Gasteiger partial charge in [-0.3, -0.25) is 0 Å². The number of rotatable bonds is 1. The lowest BCUT2D eigenvalue weighted by atomic mass is 10.1. The van der Waals surface area contributed by atoms with Gasteiger partial charge in [-0.05, 0) is 6.92 Å². The van der Waals surface area contributed by atoms with Crippen molar-refractivity contribution in [3.8, 4) is 0 Å². The van der Waals surface area contributed by atoms with Gasteiger partial charge in [0.2, 0.25) is 0 Å². The Labute approximate surface area is 58.7 Å². The predicted octanol–water partition coefficient (Wildman–Crippen LogP) is -0.532. The first-order valence-electron chi connectivity index (χ1n) is 3.27. The summed E-state index contributed by atoms with van der Waals surface area (Å²) in [6.45, 7) is 2.68. The molecule has 0 atom stereocenters. The number of hydrogen-bond acceptors (Lipinski definition) is 4. The molecule has 2 aliphatic heterocycles. The van der Waals surface area contributed by atoms with E-state index in [0.29, 0.717) is 13.2 Å². The summed E-state index contributed by atoms with van der Waals surface area (Å²) in [5.41, 5.74) is -0.331. The van der Waals surface area contributed by atoms with Crippen LogP contribution in [0.1, 0.15) is 6.92 Å². The van der Waals surface area contributed by atoms with Crippen molar-refractivity contribution in [1.82, 2.24) is 0 Å². The molecule has 0 radical (unpaired) electrons. The van der Waals surface area contributed by atoms with Gasteiger partial charge >= 0.3 is 5.97 Å². The van der Waals surface area contributed by atoms with Crippen molar-refractivity contribution in [2.24, 2.45) is 0 Å². The van der Waals surface area contributed by atoms with Crippen molar-refractivity contribution >= 4 is 0 Å². The number of ether oxygens (including phenoxy) is 3. The van der Waals surface area contributed by atoms with E-state index in [1.165, 1.54) is 0 Å². The van der Waals surface area contributed by atoms with Gasteiger partial charge in [-0.2, -0.15) is 0 Å². The average Bonchev–Trinajstić information content (AvgIpc) is 2.42. The fourth-order valence-electron chi connectivity index (χ4n) is 1.23. The van der Waals surface area contributed by atoms with E-state index in [-0.39, 0.29) is 12.2 Å². The third kappa shape index (κ3) is 0.703. The van der Waals surface area contributed by atoms with Crippen molar-refractivity contribution < 1.29 is 19.3 Å². The maximum absolute atomic E-state index is 8.78. The zero-order valence-electron chi connectivity index (χ0n) is 5.79. The first-order chi connectivity index (χ1) is 4.68. The highest BCUT2D eigenvalue weighted by atomic mass is 16.9. The van der Waals surface area contributed by atoms with Crippen LogP contribution >= 0.6 is 0 Å². The Balaban J connectivity index is 2.19. The van der Waals surface area contributed by atoms with Crippen molar-refractivity contribution in [2.45, 2.75) is 18.5 Å². The lowest BCUT2D eigenvalue weighted by Crippen LogP contribution is -2.36. The summed E-state index contributed by atoms with van der Waals surface area (Å²) in [7, 11) is 0. The van der Waals surface area contributed by atoms with Gasteiger partial charge in [0.15, 0.2) is 0 Å². The Kier molecular flexibility index (Phi) is 1.12. The maximum atomic E-state index is 8.78. The van der Waals surface area contributed by atoms with Crippen molar-refractivity contribution in [3.05, 3.63) is 0 Å². The minimum Gasteiger partial charge on any atom is -0.388 e. The maximum Gasteiger partial charge on any atom is 0.308 e. The molecule has 0 unspecified atom stereocenters. The number of fused-ring (bicyclic) bond motifs is 2. The van der Waals surface area contributed by atoms with Crippen molar-refractivity contribution in [1.29, 1.82) is 0 Å². The Morgan fingerprint density at radius 2 is 2.00 bits per heavy atom. The van der Waals surface area contributed by atoms with E-state index in [4.69, 9.17) is 19.3 Å². The number of aliphatic hydroxyl groups is 1. The van der Waals surface area contributed by atoms with Crippen LogP contribution in [0.25, 0.3) is 0 Å². The van der Waals surface area contributed by atoms with E-state index in [1.54, 1.807) is 0 Å². The Morgan fingerprint density at radius 3 is 2.20 bits per heavy atom. The smallest absolute Gasteiger partial charge is 0.308 e. The zero-order chi connectivity index (χ0) is 7.24. The molecule has 10 heavy (non-hydrogen) atoms. The number of hydrogen-bond donors (Lipinski definition) is 1. The van der Waals surface area contributed by atoms with Crippen LogP contribution in [-0.2, 0) is 14.2 Å². The molecular weight excluding hydrogens is 136 g/mol. The van der Waals surface area contributed by atoms with Crippen LogP contribution in [0.15, 0.2) is 0 Å². The first kappa shape index (κ1) is 6.54. The molecule has 0 amide bonds. The molecule has 0 aliphatic carbocycles. The van der Waals surface area contributed by atoms with Gasteiger partial charge in [0, 0.05) is 0 Å². The van der Waals surface area contributed by atoms with Gasteiger partial charge in [-0.1, -0.05) is 0 Å². The molecule has 0 aromatic rings. The zero-order valence-corrected chi connectivity index (χ0v) is 5.79. The Morgan fingerprint density at radius 1 is 1.40 bits per heavy atom.